The number of likely N-dealkylation sites (tertiary alicyclic amines) is 1. The van der Waals surface area contributed by atoms with Crippen molar-refractivity contribution in [2.45, 2.75) is 50.6 Å². The summed E-state index contributed by atoms with van der Waals surface area (Å²) >= 11 is 0. The Balaban J connectivity index is 2.07. The molecule has 1 aliphatic heterocycles. The maximum atomic E-state index is 12.7. The van der Waals surface area contributed by atoms with E-state index in [1.165, 1.54) is 6.08 Å². The SMILES string of the molecule is CCOC[C@@H]1CCCN1C(=O)C1C=C(OS(=O)(=O)C(F)(F)F)CCC1. The van der Waals surface area contributed by atoms with Gasteiger partial charge in [-0.2, -0.15) is 21.6 Å². The Morgan fingerprint density at radius 2 is 2.04 bits per heavy atom. The molecule has 6 nitrogen and oxygen atoms in total. The molecule has 0 radical (unpaired) electrons. The van der Waals surface area contributed by atoms with Gasteiger partial charge in [-0.1, -0.05) is 0 Å². The third kappa shape index (κ3) is 4.87. The minimum Gasteiger partial charge on any atom is -0.381 e. The van der Waals surface area contributed by atoms with Crippen LogP contribution in [0.2, 0.25) is 0 Å². The zero-order chi connectivity index (χ0) is 18.7. The van der Waals surface area contributed by atoms with Crippen LogP contribution >= 0.6 is 0 Å². The van der Waals surface area contributed by atoms with Crippen LogP contribution in [0.5, 0.6) is 0 Å². The summed E-state index contributed by atoms with van der Waals surface area (Å²) in [7, 11) is -5.70. The molecule has 0 aromatic rings. The average molecular weight is 385 g/mol. The molecule has 10 heteroatoms. The lowest BCUT2D eigenvalue weighted by atomic mass is 9.93. The Morgan fingerprint density at radius 3 is 2.68 bits per heavy atom. The molecule has 0 saturated carbocycles. The lowest BCUT2D eigenvalue weighted by molar-refractivity contribution is -0.136. The minimum absolute atomic E-state index is 0.0500. The molecule has 1 saturated heterocycles. The van der Waals surface area contributed by atoms with Gasteiger partial charge in [0.25, 0.3) is 0 Å². The topological polar surface area (TPSA) is 72.9 Å². The number of alkyl halides is 3. The summed E-state index contributed by atoms with van der Waals surface area (Å²) in [6.45, 7) is 3.38. The summed E-state index contributed by atoms with van der Waals surface area (Å²) in [6, 6.07) is -0.0500. The standard InChI is InChI=1S/C15H22F3NO5S/c1-2-23-10-12-6-4-8-19(12)14(20)11-5-3-7-13(9-11)24-25(21,22)15(16,17)18/h9,11-12H,2-8,10H2,1H3/t11?,12-/m0/s1. The number of amides is 1. The van der Waals surface area contributed by atoms with Gasteiger partial charge in [-0.05, 0) is 38.7 Å². The number of carbonyl (C=O) groups excluding carboxylic acids is 1. The van der Waals surface area contributed by atoms with Gasteiger partial charge in [0.05, 0.1) is 18.6 Å². The van der Waals surface area contributed by atoms with Crippen molar-refractivity contribution in [3.8, 4) is 0 Å². The van der Waals surface area contributed by atoms with Crippen LogP contribution in [0.15, 0.2) is 11.8 Å². The van der Waals surface area contributed by atoms with Crippen molar-refractivity contribution in [3.63, 3.8) is 0 Å². The number of ether oxygens (including phenoxy) is 1. The number of allylic oxidation sites excluding steroid dienone is 1. The van der Waals surface area contributed by atoms with Crippen molar-refractivity contribution in [1.82, 2.24) is 4.90 Å². The highest BCUT2D eigenvalue weighted by Gasteiger charge is 2.49. The summed E-state index contributed by atoms with van der Waals surface area (Å²) in [5, 5.41) is 0. The molecule has 0 aromatic heterocycles. The lowest BCUT2D eigenvalue weighted by Crippen LogP contribution is -2.42. The van der Waals surface area contributed by atoms with Gasteiger partial charge >= 0.3 is 15.6 Å². The van der Waals surface area contributed by atoms with Crippen molar-refractivity contribution >= 4 is 16.0 Å². The van der Waals surface area contributed by atoms with E-state index >= 15 is 0 Å². The predicted molar refractivity (Wildman–Crippen MR) is 82.7 cm³/mol. The first-order chi connectivity index (χ1) is 11.7. The van der Waals surface area contributed by atoms with E-state index in [9.17, 15) is 26.4 Å². The number of carbonyl (C=O) groups is 1. The fraction of sp³-hybridized carbons (Fsp3) is 0.800. The van der Waals surface area contributed by atoms with Gasteiger partial charge < -0.3 is 13.8 Å². The first-order valence-electron chi connectivity index (χ1n) is 8.25. The number of nitrogens with zero attached hydrogens (tertiary/aromatic N) is 1. The van der Waals surface area contributed by atoms with Crippen LogP contribution in [0.25, 0.3) is 0 Å². The smallest absolute Gasteiger partial charge is 0.381 e. The van der Waals surface area contributed by atoms with Crippen molar-refractivity contribution in [2.24, 2.45) is 5.92 Å². The van der Waals surface area contributed by atoms with E-state index in [0.29, 0.717) is 32.6 Å². The first-order valence-corrected chi connectivity index (χ1v) is 9.66. The Morgan fingerprint density at radius 1 is 1.32 bits per heavy atom. The zero-order valence-corrected chi connectivity index (χ0v) is 14.7. The van der Waals surface area contributed by atoms with E-state index in [1.807, 2.05) is 6.92 Å². The molecule has 2 aliphatic rings. The van der Waals surface area contributed by atoms with Gasteiger partial charge in [0.15, 0.2) is 0 Å². The molecule has 0 N–H and O–H groups in total. The summed E-state index contributed by atoms with van der Waals surface area (Å²) in [5.41, 5.74) is -5.48. The Labute approximate surface area is 145 Å². The van der Waals surface area contributed by atoms with Crippen molar-refractivity contribution in [1.29, 1.82) is 0 Å². The fourth-order valence-corrected chi connectivity index (χ4v) is 3.62. The molecule has 0 aromatic carbocycles. The van der Waals surface area contributed by atoms with Gasteiger partial charge in [-0.15, -0.1) is 0 Å². The largest absolute Gasteiger partial charge is 0.534 e. The van der Waals surface area contributed by atoms with E-state index in [-0.39, 0.29) is 24.1 Å². The molecule has 1 aliphatic carbocycles. The maximum Gasteiger partial charge on any atom is 0.534 e. The first kappa shape index (κ1) is 20.0. The number of rotatable bonds is 6. The molecular formula is C15H22F3NO5S. The van der Waals surface area contributed by atoms with Gasteiger partial charge in [0.2, 0.25) is 5.91 Å². The van der Waals surface area contributed by atoms with Gasteiger partial charge in [-0.3, -0.25) is 4.79 Å². The second kappa shape index (κ2) is 7.94. The maximum absolute atomic E-state index is 12.7. The van der Waals surface area contributed by atoms with Crippen LogP contribution in [0.1, 0.15) is 39.0 Å². The van der Waals surface area contributed by atoms with Gasteiger partial charge in [0, 0.05) is 19.6 Å². The molecule has 144 valence electrons. The molecule has 1 unspecified atom stereocenters. The van der Waals surface area contributed by atoms with E-state index in [1.54, 1.807) is 4.90 Å². The van der Waals surface area contributed by atoms with E-state index in [2.05, 4.69) is 4.18 Å². The van der Waals surface area contributed by atoms with E-state index in [0.717, 1.165) is 12.8 Å². The monoisotopic (exact) mass is 385 g/mol. The average Bonchev–Trinajstić information content (AvgIpc) is 2.99. The van der Waals surface area contributed by atoms with E-state index < -0.39 is 21.5 Å². The van der Waals surface area contributed by atoms with Gasteiger partial charge in [-0.25, -0.2) is 0 Å². The summed E-state index contributed by atoms with van der Waals surface area (Å²) in [6.07, 6.45) is 3.77. The molecule has 2 rings (SSSR count). The third-order valence-electron chi connectivity index (χ3n) is 4.32. The quantitative estimate of drug-likeness (QED) is 0.519. The molecule has 0 bridgehead atoms. The highest BCUT2D eigenvalue weighted by molar-refractivity contribution is 7.87. The Hall–Kier alpha value is -1.29. The fourth-order valence-electron chi connectivity index (χ4n) is 3.11. The molecule has 1 fully saturated rings. The highest BCUT2D eigenvalue weighted by atomic mass is 32.2. The minimum atomic E-state index is -5.70. The molecule has 2 atom stereocenters. The second-order valence-electron chi connectivity index (χ2n) is 6.10. The summed E-state index contributed by atoms with van der Waals surface area (Å²) in [4.78, 5) is 14.4. The van der Waals surface area contributed by atoms with Crippen LogP contribution in [0, 0.1) is 5.92 Å². The van der Waals surface area contributed by atoms with Crippen molar-refractivity contribution in [2.75, 3.05) is 19.8 Å². The van der Waals surface area contributed by atoms with Crippen LogP contribution in [0.4, 0.5) is 13.2 Å². The third-order valence-corrected chi connectivity index (χ3v) is 5.32. The normalized spacial score (nSPS) is 25.0. The number of halogens is 3. The summed E-state index contributed by atoms with van der Waals surface area (Å²) < 4.78 is 69.1. The second-order valence-corrected chi connectivity index (χ2v) is 7.64. The van der Waals surface area contributed by atoms with Crippen LogP contribution in [0.3, 0.4) is 0 Å². The number of hydrogen-bond acceptors (Lipinski definition) is 5. The van der Waals surface area contributed by atoms with E-state index in [4.69, 9.17) is 4.74 Å². The molecule has 1 heterocycles. The highest BCUT2D eigenvalue weighted by Crippen LogP contribution is 2.32. The predicted octanol–water partition coefficient (Wildman–Crippen LogP) is 2.56. The Bertz CT molecular complexity index is 617. The Kier molecular flexibility index (Phi) is 6.36. The molecule has 0 spiro atoms. The van der Waals surface area contributed by atoms with Crippen molar-refractivity contribution in [3.05, 3.63) is 11.8 Å². The van der Waals surface area contributed by atoms with Crippen LogP contribution < -0.4 is 0 Å². The zero-order valence-electron chi connectivity index (χ0n) is 13.9. The van der Waals surface area contributed by atoms with Crippen LogP contribution in [-0.4, -0.2) is 50.5 Å². The molecular weight excluding hydrogens is 363 g/mol. The van der Waals surface area contributed by atoms with Crippen LogP contribution in [-0.2, 0) is 23.8 Å². The summed E-state index contributed by atoms with van der Waals surface area (Å²) in [5.74, 6) is -1.20. The number of hydrogen-bond donors (Lipinski definition) is 0. The van der Waals surface area contributed by atoms with Gasteiger partial charge in [0.1, 0.15) is 5.76 Å². The lowest BCUT2D eigenvalue weighted by Gasteiger charge is -2.29. The molecule has 1 amide bonds. The molecule has 25 heavy (non-hydrogen) atoms. The van der Waals surface area contributed by atoms with Crippen molar-refractivity contribution < 1.29 is 35.3 Å².